The Labute approximate surface area is 208 Å². The lowest BCUT2D eigenvalue weighted by Crippen LogP contribution is -2.47. The van der Waals surface area contributed by atoms with Gasteiger partial charge in [-0.15, -0.1) is 0 Å². The number of Topliss-reactive ketones (excluding diaryl/α,β-unsaturated/α-hetero) is 1. The smallest absolute Gasteiger partial charge is 0.407 e. The van der Waals surface area contributed by atoms with Crippen LogP contribution in [0, 0.1) is 0 Å². The van der Waals surface area contributed by atoms with Crippen molar-refractivity contribution in [1.29, 1.82) is 0 Å². The lowest BCUT2D eigenvalue weighted by molar-refractivity contribution is -0.121. The molecule has 0 aromatic heterocycles. The minimum absolute atomic E-state index is 0.0467. The lowest BCUT2D eigenvalue weighted by atomic mass is 9.96. The van der Waals surface area contributed by atoms with Crippen LogP contribution in [0.5, 0.6) is 0 Å². The molecule has 0 bridgehead atoms. The standard InChI is InChI=1S/C29H49NO4/c1-5-6-7-8-9-10-11-12-13-14-18-21-25(31)23-27(32)26(22-24-19-16-15-17-20-24)30-28(33)34-29(2,3)4/h15-17,19-20,26-27,32H,5-14,18,21-23H2,1-4H3,(H,30,33)/t26-,27-/m0/s1. The Balaban J connectivity index is 2.35. The highest BCUT2D eigenvalue weighted by molar-refractivity contribution is 5.79. The zero-order valence-electron chi connectivity index (χ0n) is 22.1. The van der Waals surface area contributed by atoms with Crippen molar-refractivity contribution in [2.75, 3.05) is 0 Å². The van der Waals surface area contributed by atoms with Gasteiger partial charge in [0.2, 0.25) is 0 Å². The fraction of sp³-hybridized carbons (Fsp3) is 0.724. The average molecular weight is 476 g/mol. The first-order valence-electron chi connectivity index (χ1n) is 13.4. The van der Waals surface area contributed by atoms with E-state index in [2.05, 4.69) is 12.2 Å². The second-order valence-electron chi connectivity index (χ2n) is 10.5. The number of aliphatic hydroxyl groups is 1. The summed E-state index contributed by atoms with van der Waals surface area (Å²) < 4.78 is 5.36. The van der Waals surface area contributed by atoms with Crippen LogP contribution >= 0.6 is 0 Å². The zero-order valence-corrected chi connectivity index (χ0v) is 22.1. The third kappa shape index (κ3) is 15.9. The van der Waals surface area contributed by atoms with Crippen molar-refractivity contribution in [3.8, 4) is 0 Å². The predicted molar refractivity (Wildman–Crippen MR) is 140 cm³/mol. The molecule has 0 unspecified atom stereocenters. The molecule has 194 valence electrons. The molecule has 0 saturated heterocycles. The molecule has 2 N–H and O–H groups in total. The number of aliphatic hydroxyl groups excluding tert-OH is 1. The number of hydrogen-bond donors (Lipinski definition) is 2. The summed E-state index contributed by atoms with van der Waals surface area (Å²) in [5.74, 6) is 0.0486. The average Bonchev–Trinajstić information content (AvgIpc) is 2.76. The van der Waals surface area contributed by atoms with Crippen molar-refractivity contribution in [3.63, 3.8) is 0 Å². The van der Waals surface area contributed by atoms with Gasteiger partial charge in [-0.2, -0.15) is 0 Å². The molecule has 0 radical (unpaired) electrons. The van der Waals surface area contributed by atoms with Crippen LogP contribution in [0.15, 0.2) is 30.3 Å². The molecular weight excluding hydrogens is 426 g/mol. The van der Waals surface area contributed by atoms with Crippen LogP contribution in [0.4, 0.5) is 4.79 Å². The van der Waals surface area contributed by atoms with E-state index in [1.165, 1.54) is 57.8 Å². The number of unbranched alkanes of at least 4 members (excludes halogenated alkanes) is 10. The minimum Gasteiger partial charge on any atom is -0.444 e. The van der Waals surface area contributed by atoms with E-state index in [9.17, 15) is 14.7 Å². The normalized spacial score (nSPS) is 13.3. The lowest BCUT2D eigenvalue weighted by Gasteiger charge is -2.26. The Bertz CT molecular complexity index is 668. The number of carbonyl (C=O) groups excluding carboxylic acids is 2. The number of ketones is 1. The summed E-state index contributed by atoms with van der Waals surface area (Å²) in [5, 5.41) is 13.5. The number of alkyl carbamates (subject to hydrolysis) is 1. The highest BCUT2D eigenvalue weighted by Crippen LogP contribution is 2.15. The molecule has 0 aliphatic rings. The van der Waals surface area contributed by atoms with Gasteiger partial charge in [0.05, 0.1) is 12.1 Å². The Kier molecular flexibility index (Phi) is 15.6. The first kappa shape index (κ1) is 30.2. The van der Waals surface area contributed by atoms with Gasteiger partial charge in [0.1, 0.15) is 11.4 Å². The SMILES string of the molecule is CCCCCCCCCCCCCC(=O)C[C@H](O)[C@H](Cc1ccccc1)NC(=O)OC(C)(C)C. The van der Waals surface area contributed by atoms with E-state index in [0.29, 0.717) is 12.8 Å². The molecule has 2 atom stereocenters. The maximum Gasteiger partial charge on any atom is 0.407 e. The van der Waals surface area contributed by atoms with E-state index in [0.717, 1.165) is 18.4 Å². The van der Waals surface area contributed by atoms with E-state index in [1.54, 1.807) is 20.8 Å². The van der Waals surface area contributed by atoms with Crippen LogP contribution in [0.1, 0.15) is 117 Å². The Morgan fingerprint density at radius 1 is 0.882 bits per heavy atom. The Hall–Kier alpha value is -1.88. The van der Waals surface area contributed by atoms with Crippen molar-refractivity contribution < 1.29 is 19.4 Å². The molecule has 1 rings (SSSR count). The van der Waals surface area contributed by atoms with Crippen LogP contribution in [0.2, 0.25) is 0 Å². The van der Waals surface area contributed by atoms with Gasteiger partial charge in [-0.1, -0.05) is 101 Å². The van der Waals surface area contributed by atoms with Crippen molar-refractivity contribution in [3.05, 3.63) is 35.9 Å². The van der Waals surface area contributed by atoms with Crippen molar-refractivity contribution in [2.45, 2.75) is 135 Å². The van der Waals surface area contributed by atoms with E-state index >= 15 is 0 Å². The highest BCUT2D eigenvalue weighted by Gasteiger charge is 2.26. The molecule has 0 aliphatic carbocycles. The van der Waals surface area contributed by atoms with Gasteiger partial charge in [0.25, 0.3) is 0 Å². The largest absolute Gasteiger partial charge is 0.444 e. The monoisotopic (exact) mass is 475 g/mol. The molecule has 34 heavy (non-hydrogen) atoms. The quantitative estimate of drug-likeness (QED) is 0.221. The van der Waals surface area contributed by atoms with E-state index in [1.807, 2.05) is 30.3 Å². The van der Waals surface area contributed by atoms with Gasteiger partial charge >= 0.3 is 6.09 Å². The molecule has 1 aromatic rings. The van der Waals surface area contributed by atoms with Gasteiger partial charge in [0, 0.05) is 12.8 Å². The van der Waals surface area contributed by atoms with Gasteiger partial charge in [-0.05, 0) is 39.2 Å². The summed E-state index contributed by atoms with van der Waals surface area (Å²) in [4.78, 5) is 24.8. The molecule has 5 nitrogen and oxygen atoms in total. The molecule has 0 heterocycles. The molecule has 5 heteroatoms. The van der Waals surface area contributed by atoms with E-state index < -0.39 is 23.8 Å². The highest BCUT2D eigenvalue weighted by atomic mass is 16.6. The third-order valence-electron chi connectivity index (χ3n) is 5.96. The van der Waals surface area contributed by atoms with Gasteiger partial charge in [-0.3, -0.25) is 4.79 Å². The number of amides is 1. The fourth-order valence-corrected chi connectivity index (χ4v) is 4.07. The molecular formula is C29H49NO4. The zero-order chi connectivity index (χ0) is 25.2. The third-order valence-corrected chi connectivity index (χ3v) is 5.96. The fourth-order valence-electron chi connectivity index (χ4n) is 4.07. The van der Waals surface area contributed by atoms with Gasteiger partial charge in [-0.25, -0.2) is 4.79 Å². The molecule has 0 fully saturated rings. The number of benzene rings is 1. The van der Waals surface area contributed by atoms with Crippen molar-refractivity contribution in [1.82, 2.24) is 5.32 Å². The number of nitrogens with one attached hydrogen (secondary N) is 1. The van der Waals surface area contributed by atoms with Crippen molar-refractivity contribution in [2.24, 2.45) is 0 Å². The molecule has 0 spiro atoms. The van der Waals surface area contributed by atoms with Crippen LogP contribution in [-0.4, -0.2) is 34.7 Å². The maximum absolute atomic E-state index is 12.5. The Morgan fingerprint density at radius 2 is 1.41 bits per heavy atom. The summed E-state index contributed by atoms with van der Waals surface area (Å²) in [5.41, 5.74) is 0.359. The van der Waals surface area contributed by atoms with Gasteiger partial charge < -0.3 is 15.2 Å². The van der Waals surface area contributed by atoms with Crippen LogP contribution in [-0.2, 0) is 16.0 Å². The topological polar surface area (TPSA) is 75.6 Å². The first-order chi connectivity index (χ1) is 16.2. The minimum atomic E-state index is -0.951. The van der Waals surface area contributed by atoms with E-state index in [4.69, 9.17) is 4.74 Å². The molecule has 0 saturated carbocycles. The molecule has 0 aliphatic heterocycles. The number of rotatable bonds is 18. The summed E-state index contributed by atoms with van der Waals surface area (Å²) >= 11 is 0. The summed E-state index contributed by atoms with van der Waals surface area (Å²) in [6.45, 7) is 7.64. The van der Waals surface area contributed by atoms with Crippen LogP contribution in [0.25, 0.3) is 0 Å². The predicted octanol–water partition coefficient (Wildman–Crippen LogP) is 7.14. The summed E-state index contributed by atoms with van der Waals surface area (Å²) in [6.07, 6.45) is 13.1. The summed E-state index contributed by atoms with van der Waals surface area (Å²) in [6, 6.07) is 9.08. The number of carbonyl (C=O) groups is 2. The van der Waals surface area contributed by atoms with Crippen LogP contribution in [0.3, 0.4) is 0 Å². The van der Waals surface area contributed by atoms with Gasteiger partial charge in [0.15, 0.2) is 0 Å². The van der Waals surface area contributed by atoms with Crippen LogP contribution < -0.4 is 5.32 Å². The number of ether oxygens (including phenoxy) is 1. The van der Waals surface area contributed by atoms with E-state index in [-0.39, 0.29) is 12.2 Å². The summed E-state index contributed by atoms with van der Waals surface area (Å²) in [7, 11) is 0. The molecule has 1 amide bonds. The second-order valence-corrected chi connectivity index (χ2v) is 10.5. The number of hydrogen-bond acceptors (Lipinski definition) is 4. The maximum atomic E-state index is 12.5. The first-order valence-corrected chi connectivity index (χ1v) is 13.4. The molecule has 1 aromatic carbocycles. The Morgan fingerprint density at radius 3 is 1.94 bits per heavy atom. The van der Waals surface area contributed by atoms with Crippen molar-refractivity contribution >= 4 is 11.9 Å². The second kappa shape index (κ2) is 17.5.